The second-order valence-corrected chi connectivity index (χ2v) is 48.2. The third kappa shape index (κ3) is 19.2. The van der Waals surface area contributed by atoms with Crippen LogP contribution < -0.4 is 0 Å². The molecule has 0 spiro atoms. The molecule has 0 bridgehead atoms. The molecular weight excluding hydrogens is 1660 g/mol. The molecule has 0 atom stereocenters. The summed E-state index contributed by atoms with van der Waals surface area (Å²) >= 11 is 0. The van der Waals surface area contributed by atoms with Crippen LogP contribution in [0.15, 0.2) is 358 Å². The number of rotatable bonds is 15. The van der Waals surface area contributed by atoms with Crippen molar-refractivity contribution in [3.63, 3.8) is 0 Å². The molecule has 0 amide bonds. The molecule has 0 heteroatoms. The molecule has 692 valence electrons. The van der Waals surface area contributed by atoms with Gasteiger partial charge in [-0.1, -0.05) is 420 Å². The minimum atomic E-state index is -1.07. The van der Waals surface area contributed by atoms with Gasteiger partial charge in [0, 0.05) is 0 Å². The van der Waals surface area contributed by atoms with E-state index in [0.717, 1.165) is 100 Å². The maximum absolute atomic E-state index is 2.63. The third-order valence-electron chi connectivity index (χ3n) is 29.5. The lowest BCUT2D eigenvalue weighted by atomic mass is 9.65. The third-order valence-corrected chi connectivity index (χ3v) is 29.5. The van der Waals surface area contributed by atoms with Gasteiger partial charge in [-0.25, -0.2) is 0 Å². The van der Waals surface area contributed by atoms with Crippen molar-refractivity contribution in [2.75, 3.05) is 0 Å². The summed E-state index contributed by atoms with van der Waals surface area (Å²) in [5.74, 6) is 0. The Morgan fingerprint density at radius 3 is 0.507 bits per heavy atom. The number of fused-ring (bicyclic) bond motifs is 3. The lowest BCUT2D eigenvalue weighted by molar-refractivity contribution is 0.590. The Kier molecular flexibility index (Phi) is 24.5. The van der Waals surface area contributed by atoms with E-state index < -0.39 is 5.41 Å². The average Bonchev–Trinajstić information content (AvgIpc) is 1.52. The van der Waals surface area contributed by atoms with Crippen LogP contribution in [-0.2, 0) is 48.7 Å². The Hall–Kier alpha value is -13.3. The molecule has 0 unspecified atom stereocenters. The lowest BCUT2D eigenvalue weighted by Gasteiger charge is -2.36. The van der Waals surface area contributed by atoms with Crippen LogP contribution in [0.4, 0.5) is 0 Å². The summed E-state index contributed by atoms with van der Waals surface area (Å²) in [5.41, 5.74) is 50.0. The second-order valence-electron chi connectivity index (χ2n) is 48.2. The van der Waals surface area contributed by atoms with E-state index in [0.29, 0.717) is 0 Å². The van der Waals surface area contributed by atoms with Crippen LogP contribution in [0.25, 0.3) is 156 Å². The predicted molar refractivity (Wildman–Crippen MR) is 598 cm³/mol. The number of aryl methyl sites for hydroxylation is 3. The zero-order valence-electron chi connectivity index (χ0n) is 87.1. The highest BCUT2D eigenvalue weighted by Crippen LogP contribution is 2.61. The summed E-state index contributed by atoms with van der Waals surface area (Å²) in [7, 11) is 0. The summed E-state index contributed by atoms with van der Waals surface area (Å²) < 4.78 is 0. The Morgan fingerprint density at radius 2 is 0.312 bits per heavy atom. The van der Waals surface area contributed by atoms with E-state index in [-0.39, 0.29) is 43.3 Å². The van der Waals surface area contributed by atoms with Crippen LogP contribution in [0, 0.1) is 20.8 Å². The summed E-state index contributed by atoms with van der Waals surface area (Å²) in [4.78, 5) is 0. The SMILES string of the molecule is Cc1cc(C)c(-c2cccc3c2-c2ccccc2C3(c2cc(-c3cc(-c4ccc(C(C)(C)C)cc4)cc(-c4ccc(C(C)(C)C)cc4)c3)cc(-c3cc(-c4ccc(C(C)(C)C)cc4)cc(-c4ccc(C(C)(C)C)cc4)c3)c2)c2cc(-c3cc(-c4ccc(C(C)(C)C)cc4)cc(-c4ccc(C(C)(C)C)cc4)c3)cc(-c3cc(-c4ccc(C(C)(C)C)cc4)cc(-c4ccc(C(C)(C)C)cc4)c3)c2)c(C)c1. The van der Waals surface area contributed by atoms with Crippen LogP contribution in [0.2, 0.25) is 0 Å². The van der Waals surface area contributed by atoms with Gasteiger partial charge in [0.2, 0.25) is 0 Å². The van der Waals surface area contributed by atoms with Gasteiger partial charge in [-0.2, -0.15) is 0 Å². The van der Waals surface area contributed by atoms with E-state index in [1.807, 2.05) is 0 Å². The normalized spacial score (nSPS) is 13.1. The highest BCUT2D eigenvalue weighted by molar-refractivity contribution is 5.99. The fourth-order valence-corrected chi connectivity index (χ4v) is 21.1. The van der Waals surface area contributed by atoms with Crippen LogP contribution >= 0.6 is 0 Å². The zero-order valence-corrected chi connectivity index (χ0v) is 87.1. The molecule has 0 aromatic heterocycles. The Balaban J connectivity index is 1.02. The highest BCUT2D eigenvalue weighted by atomic mass is 14.5. The first kappa shape index (κ1) is 95.1. The van der Waals surface area contributed by atoms with Gasteiger partial charge >= 0.3 is 0 Å². The van der Waals surface area contributed by atoms with Crippen LogP contribution in [0.5, 0.6) is 0 Å². The van der Waals surface area contributed by atoms with Crippen molar-refractivity contribution in [3.8, 4) is 156 Å². The molecule has 0 heterocycles. The van der Waals surface area contributed by atoms with Crippen LogP contribution in [0.3, 0.4) is 0 Å². The van der Waals surface area contributed by atoms with Crippen molar-refractivity contribution in [2.24, 2.45) is 0 Å². The molecule has 17 aromatic carbocycles. The molecule has 0 saturated heterocycles. The van der Waals surface area contributed by atoms with Gasteiger partial charge in [0.05, 0.1) is 5.41 Å². The molecule has 0 N–H and O–H groups in total. The minimum absolute atomic E-state index is 0.0397. The van der Waals surface area contributed by atoms with Crippen molar-refractivity contribution < 1.29 is 0 Å². The molecule has 0 radical (unpaired) electrons. The first-order valence-electron chi connectivity index (χ1n) is 50.2. The van der Waals surface area contributed by atoms with E-state index in [9.17, 15) is 0 Å². The minimum Gasteiger partial charge on any atom is -0.0619 e. The first-order valence-corrected chi connectivity index (χ1v) is 50.2. The molecular formula is C138H140. The maximum atomic E-state index is 2.63. The van der Waals surface area contributed by atoms with Crippen molar-refractivity contribution in [2.45, 2.75) is 236 Å². The molecule has 1 aliphatic carbocycles. The summed E-state index contributed by atoms with van der Waals surface area (Å²) in [6.45, 7) is 62.5. The largest absolute Gasteiger partial charge is 0.0714 e. The molecule has 1 aliphatic rings. The molecule has 18 rings (SSSR count). The molecule has 0 aliphatic heterocycles. The van der Waals surface area contributed by atoms with Gasteiger partial charge < -0.3 is 0 Å². The van der Waals surface area contributed by atoms with E-state index >= 15 is 0 Å². The molecule has 0 fully saturated rings. The number of benzene rings is 17. The fraction of sp³-hybridized carbons (Fsp3) is 0.261. The molecule has 17 aromatic rings. The molecule has 0 nitrogen and oxygen atoms in total. The van der Waals surface area contributed by atoms with Crippen molar-refractivity contribution in [3.05, 3.63) is 441 Å². The van der Waals surface area contributed by atoms with E-state index in [1.54, 1.807) is 0 Å². The van der Waals surface area contributed by atoms with Gasteiger partial charge in [-0.3, -0.25) is 0 Å². The van der Waals surface area contributed by atoms with E-state index in [2.05, 4.69) is 545 Å². The monoisotopic (exact) mass is 1800 g/mol. The summed E-state index contributed by atoms with van der Waals surface area (Å²) in [6.07, 6.45) is 0. The number of hydrogen-bond acceptors (Lipinski definition) is 0. The maximum Gasteiger partial charge on any atom is 0.0714 e. The van der Waals surface area contributed by atoms with Crippen molar-refractivity contribution in [1.29, 1.82) is 0 Å². The van der Waals surface area contributed by atoms with E-state index in [1.165, 1.54) is 139 Å². The van der Waals surface area contributed by atoms with Crippen LogP contribution in [-0.4, -0.2) is 0 Å². The summed E-state index contributed by atoms with van der Waals surface area (Å²) in [5, 5.41) is 0. The Morgan fingerprint density at radius 1 is 0.145 bits per heavy atom. The molecule has 138 heavy (non-hydrogen) atoms. The number of hydrogen-bond donors (Lipinski definition) is 0. The smallest absolute Gasteiger partial charge is 0.0619 e. The quantitative estimate of drug-likeness (QED) is 0.0960. The Labute approximate surface area is 826 Å². The second kappa shape index (κ2) is 35.6. The van der Waals surface area contributed by atoms with Gasteiger partial charge in [0.1, 0.15) is 0 Å². The van der Waals surface area contributed by atoms with Crippen molar-refractivity contribution >= 4 is 0 Å². The predicted octanol–water partition coefficient (Wildman–Crippen LogP) is 39.0. The van der Waals surface area contributed by atoms with Gasteiger partial charge in [0.25, 0.3) is 0 Å². The van der Waals surface area contributed by atoms with Gasteiger partial charge in [-0.05, 0) is 407 Å². The van der Waals surface area contributed by atoms with Crippen molar-refractivity contribution in [1.82, 2.24) is 0 Å². The zero-order chi connectivity index (χ0) is 98.0. The summed E-state index contributed by atoms with van der Waals surface area (Å²) in [6, 6.07) is 142. The van der Waals surface area contributed by atoms with Gasteiger partial charge in [-0.15, -0.1) is 0 Å². The highest BCUT2D eigenvalue weighted by Gasteiger charge is 2.48. The van der Waals surface area contributed by atoms with Crippen LogP contribution in [0.1, 0.15) is 250 Å². The lowest BCUT2D eigenvalue weighted by Crippen LogP contribution is -2.29. The molecule has 0 saturated carbocycles. The van der Waals surface area contributed by atoms with E-state index in [4.69, 9.17) is 0 Å². The fourth-order valence-electron chi connectivity index (χ4n) is 21.1. The average molecular weight is 1800 g/mol. The topological polar surface area (TPSA) is 0 Å². The standard InChI is InChI=1S/C138H140/c1-87-67-88(2)128(89(3)68-87)125-32-30-34-127-129(125)124-31-28-29-33-126(124)138(127,122-83-110(106-73-98(90-35-51-114(52-36-90)130(4,5)6)69-99(74-106)91-37-53-115(54-38-91)131(7,8)9)81-111(84-122)107-75-100(92-39-55-116(56-40-92)132(10,11)12)70-101(76-107)93-41-57-117(58-42-93)133(13,14)15)123-85-112(108-77-102(94-43-59-118(60-44-94)134(16,17)18)71-103(78-108)95-45-61-119(62-46-95)135(19,20)21)82-113(86-123)109-79-104(96-47-63-120(64-48-96)136(22,23)24)72-105(80-109)97-49-65-121(66-50-97)137(25,26)27/h28-86H,1-27H3. The first-order chi connectivity index (χ1) is 65.1. The Bertz CT molecular complexity index is 6380. The van der Waals surface area contributed by atoms with Gasteiger partial charge in [0.15, 0.2) is 0 Å².